The predicted octanol–water partition coefficient (Wildman–Crippen LogP) is 5.32. The van der Waals surface area contributed by atoms with Crippen molar-refractivity contribution in [3.05, 3.63) is 76.5 Å². The lowest BCUT2D eigenvalue weighted by molar-refractivity contribution is -0.115. The molecule has 0 atom stereocenters. The number of hydrogen-bond acceptors (Lipinski definition) is 4. The Kier molecular flexibility index (Phi) is 6.41. The van der Waals surface area contributed by atoms with E-state index in [0.29, 0.717) is 0 Å². The predicted molar refractivity (Wildman–Crippen MR) is 106 cm³/mol. The van der Waals surface area contributed by atoms with Gasteiger partial charge in [-0.2, -0.15) is 0 Å². The maximum Gasteiger partial charge on any atom is 0.230 e. The number of halogens is 1. The first-order valence-electron chi connectivity index (χ1n) is 8.33. The van der Waals surface area contributed by atoms with Crippen LogP contribution in [0.5, 0.6) is 0 Å². The van der Waals surface area contributed by atoms with Crippen molar-refractivity contribution >= 4 is 34.7 Å². The van der Waals surface area contributed by atoms with E-state index < -0.39 is 0 Å². The molecule has 1 amide bonds. The van der Waals surface area contributed by atoms with Gasteiger partial charge in [0.1, 0.15) is 10.2 Å². The highest BCUT2D eigenvalue weighted by Crippen LogP contribution is 2.26. The Morgan fingerprint density at radius 3 is 2.50 bits per heavy atom. The number of thioether (sulfide) groups is 1. The zero-order valence-electron chi connectivity index (χ0n) is 14.4. The third kappa shape index (κ3) is 5.41. The van der Waals surface area contributed by atoms with Crippen molar-refractivity contribution < 1.29 is 9.18 Å². The van der Waals surface area contributed by atoms with E-state index >= 15 is 0 Å². The van der Waals surface area contributed by atoms with Crippen molar-refractivity contribution in [3.63, 3.8) is 0 Å². The molecule has 1 N–H and O–H groups in total. The average molecular weight is 387 g/mol. The van der Waals surface area contributed by atoms with Gasteiger partial charge in [0, 0.05) is 16.8 Å². The zero-order chi connectivity index (χ0) is 18.4. The van der Waals surface area contributed by atoms with Gasteiger partial charge < -0.3 is 5.32 Å². The molecule has 3 rings (SSSR count). The van der Waals surface area contributed by atoms with Crippen molar-refractivity contribution in [2.45, 2.75) is 29.9 Å². The van der Waals surface area contributed by atoms with Crippen LogP contribution in [0, 0.1) is 5.82 Å². The minimum atomic E-state index is -0.231. The number of benzene rings is 2. The Labute approximate surface area is 160 Å². The van der Waals surface area contributed by atoms with E-state index in [9.17, 15) is 9.18 Å². The molecule has 3 nitrogen and oxygen atoms in total. The number of rotatable bonds is 7. The summed E-state index contributed by atoms with van der Waals surface area (Å²) in [7, 11) is 0. The van der Waals surface area contributed by atoms with Gasteiger partial charge in [0.2, 0.25) is 5.91 Å². The summed E-state index contributed by atoms with van der Waals surface area (Å²) in [5.74, 6) is 0.420. The molecule has 0 aliphatic carbocycles. The summed E-state index contributed by atoms with van der Waals surface area (Å²) < 4.78 is 13.8. The van der Waals surface area contributed by atoms with Crippen LogP contribution in [0.4, 0.5) is 10.1 Å². The number of carbonyl (C=O) groups is 1. The van der Waals surface area contributed by atoms with Crippen LogP contribution in [0.1, 0.15) is 23.7 Å². The van der Waals surface area contributed by atoms with E-state index in [4.69, 9.17) is 0 Å². The van der Waals surface area contributed by atoms with E-state index in [2.05, 4.69) is 17.2 Å². The summed E-state index contributed by atoms with van der Waals surface area (Å²) in [6, 6.07) is 14.3. The molecule has 2 aromatic carbocycles. The van der Waals surface area contributed by atoms with Crippen molar-refractivity contribution in [2.24, 2.45) is 0 Å². The van der Waals surface area contributed by atoms with E-state index in [1.54, 1.807) is 23.9 Å². The molecule has 0 radical (unpaired) electrons. The highest BCUT2D eigenvalue weighted by atomic mass is 32.2. The summed E-state index contributed by atoms with van der Waals surface area (Å²) in [5.41, 5.74) is 3.85. The van der Waals surface area contributed by atoms with Gasteiger partial charge in [-0.1, -0.05) is 43.0 Å². The molecule has 0 spiro atoms. The van der Waals surface area contributed by atoms with Gasteiger partial charge >= 0.3 is 0 Å². The minimum Gasteiger partial charge on any atom is -0.326 e. The molecular weight excluding hydrogens is 367 g/mol. The van der Waals surface area contributed by atoms with Crippen LogP contribution in [0.2, 0.25) is 0 Å². The van der Waals surface area contributed by atoms with Crippen molar-refractivity contribution in [2.75, 3.05) is 5.32 Å². The highest BCUT2D eigenvalue weighted by molar-refractivity contribution is 8.00. The second kappa shape index (κ2) is 8.96. The normalized spacial score (nSPS) is 10.7. The Balaban J connectivity index is 1.50. The molecule has 1 aromatic heterocycles. The van der Waals surface area contributed by atoms with E-state index in [1.165, 1.54) is 29.0 Å². The quantitative estimate of drug-likeness (QED) is 0.559. The second-order valence-electron chi connectivity index (χ2n) is 5.80. The molecule has 0 bridgehead atoms. The molecule has 0 saturated carbocycles. The van der Waals surface area contributed by atoms with Crippen LogP contribution in [0.3, 0.4) is 0 Å². The lowest BCUT2D eigenvalue weighted by atomic mass is 10.1. The molecule has 134 valence electrons. The largest absolute Gasteiger partial charge is 0.326 e. The van der Waals surface area contributed by atoms with Gasteiger partial charge in [0.15, 0.2) is 0 Å². The van der Waals surface area contributed by atoms with Gasteiger partial charge in [-0.05, 0) is 41.8 Å². The van der Waals surface area contributed by atoms with Crippen molar-refractivity contribution in [1.29, 1.82) is 0 Å². The Bertz CT molecular complexity index is 860. The number of aryl methyl sites for hydroxylation is 1. The van der Waals surface area contributed by atoms with Crippen LogP contribution < -0.4 is 5.32 Å². The van der Waals surface area contributed by atoms with Crippen LogP contribution in [-0.2, 0) is 23.4 Å². The first-order chi connectivity index (χ1) is 12.6. The fraction of sp³-hybridized carbons (Fsp3) is 0.200. The lowest BCUT2D eigenvalue weighted by Crippen LogP contribution is -2.14. The Morgan fingerprint density at radius 2 is 1.81 bits per heavy atom. The van der Waals surface area contributed by atoms with Gasteiger partial charge in [-0.3, -0.25) is 4.79 Å². The molecule has 1 heterocycles. The summed E-state index contributed by atoms with van der Waals surface area (Å²) >= 11 is 3.11. The summed E-state index contributed by atoms with van der Waals surface area (Å²) in [5, 5.41) is 4.81. The number of carbonyl (C=O) groups excluding carboxylic acids is 1. The summed E-state index contributed by atoms with van der Waals surface area (Å²) in [4.78, 5) is 16.7. The standard InChI is InChI=1S/C20H19FN2OS2/c1-2-14-5-9-17(10-6-14)22-19(24)11-18-13-26-20(23-18)25-12-15-3-7-16(21)8-4-15/h3-10,13H,2,11-12H2,1H3,(H,22,24). The Hall–Kier alpha value is -2.18. The van der Waals surface area contributed by atoms with Gasteiger partial charge in [-0.15, -0.1) is 11.3 Å². The SMILES string of the molecule is CCc1ccc(NC(=O)Cc2csc(SCc3ccc(F)cc3)n2)cc1. The molecular formula is C20H19FN2OS2. The molecule has 26 heavy (non-hydrogen) atoms. The third-order valence-corrected chi connectivity index (χ3v) is 5.93. The smallest absolute Gasteiger partial charge is 0.230 e. The van der Waals surface area contributed by atoms with Crippen LogP contribution in [0.25, 0.3) is 0 Å². The topological polar surface area (TPSA) is 42.0 Å². The summed E-state index contributed by atoms with van der Waals surface area (Å²) in [6.45, 7) is 2.10. The van der Waals surface area contributed by atoms with E-state index in [0.717, 1.165) is 33.5 Å². The number of nitrogens with one attached hydrogen (secondary N) is 1. The lowest BCUT2D eigenvalue weighted by Gasteiger charge is -2.05. The number of nitrogens with zero attached hydrogens (tertiary/aromatic N) is 1. The van der Waals surface area contributed by atoms with Crippen molar-refractivity contribution in [1.82, 2.24) is 4.98 Å². The molecule has 6 heteroatoms. The van der Waals surface area contributed by atoms with Crippen molar-refractivity contribution in [3.8, 4) is 0 Å². The molecule has 0 fully saturated rings. The minimum absolute atomic E-state index is 0.0744. The maximum atomic E-state index is 12.9. The molecule has 0 unspecified atom stereocenters. The van der Waals surface area contributed by atoms with E-state index in [-0.39, 0.29) is 18.1 Å². The number of anilines is 1. The average Bonchev–Trinajstić information content (AvgIpc) is 3.09. The molecule has 3 aromatic rings. The maximum absolute atomic E-state index is 12.9. The number of thiazole rings is 1. The molecule has 0 aliphatic heterocycles. The first-order valence-corrected chi connectivity index (χ1v) is 10.2. The monoisotopic (exact) mass is 386 g/mol. The number of hydrogen-bond donors (Lipinski definition) is 1. The molecule has 0 aliphatic rings. The van der Waals surface area contributed by atoms with Gasteiger partial charge in [0.05, 0.1) is 12.1 Å². The second-order valence-corrected chi connectivity index (χ2v) is 7.88. The first kappa shape index (κ1) is 18.6. The highest BCUT2D eigenvalue weighted by Gasteiger charge is 2.09. The van der Waals surface area contributed by atoms with Crippen LogP contribution in [-0.4, -0.2) is 10.9 Å². The zero-order valence-corrected chi connectivity index (χ0v) is 16.0. The van der Waals surface area contributed by atoms with E-state index in [1.807, 2.05) is 29.6 Å². The Morgan fingerprint density at radius 1 is 1.12 bits per heavy atom. The number of aromatic nitrogens is 1. The fourth-order valence-electron chi connectivity index (χ4n) is 2.36. The van der Waals surface area contributed by atoms with Crippen LogP contribution in [0.15, 0.2) is 58.3 Å². The summed E-state index contributed by atoms with van der Waals surface area (Å²) in [6.07, 6.45) is 1.23. The molecule has 0 saturated heterocycles. The third-order valence-electron chi connectivity index (χ3n) is 3.79. The number of amides is 1. The fourth-order valence-corrected chi connectivity index (χ4v) is 4.16. The van der Waals surface area contributed by atoms with Crippen LogP contribution >= 0.6 is 23.1 Å². The van der Waals surface area contributed by atoms with Gasteiger partial charge in [-0.25, -0.2) is 9.37 Å². The van der Waals surface area contributed by atoms with Gasteiger partial charge in [0.25, 0.3) is 0 Å².